The van der Waals surface area contributed by atoms with Crippen LogP contribution in [0.4, 0.5) is 0 Å². The summed E-state index contributed by atoms with van der Waals surface area (Å²) >= 11 is 0. The average molecular weight is 372 g/mol. The fourth-order valence-corrected chi connectivity index (χ4v) is 2.23. The Morgan fingerprint density at radius 2 is 1.88 bits per heavy atom. The molecule has 1 unspecified atom stereocenters. The van der Waals surface area contributed by atoms with E-state index in [9.17, 15) is 9.59 Å². The zero-order valence-corrected chi connectivity index (χ0v) is 16.2. The van der Waals surface area contributed by atoms with Gasteiger partial charge in [-0.25, -0.2) is 0 Å². The van der Waals surface area contributed by atoms with Gasteiger partial charge < -0.3 is 20.7 Å². The minimum absolute atomic E-state index is 0. The maximum atomic E-state index is 12.3. The van der Waals surface area contributed by atoms with Crippen molar-refractivity contribution in [1.82, 2.24) is 16.0 Å². The summed E-state index contributed by atoms with van der Waals surface area (Å²) in [7, 11) is 1.65. The van der Waals surface area contributed by atoms with Crippen molar-refractivity contribution in [3.63, 3.8) is 0 Å². The highest BCUT2D eigenvalue weighted by atomic mass is 35.5. The Labute approximate surface area is 156 Å². The van der Waals surface area contributed by atoms with E-state index in [0.717, 1.165) is 12.1 Å². The molecule has 1 aromatic carbocycles. The Morgan fingerprint density at radius 3 is 2.48 bits per heavy atom. The molecule has 25 heavy (non-hydrogen) atoms. The number of carbonyl (C=O) groups excluding carboxylic acids is 2. The monoisotopic (exact) mass is 371 g/mol. The van der Waals surface area contributed by atoms with Gasteiger partial charge in [-0.2, -0.15) is 0 Å². The molecule has 0 aliphatic heterocycles. The Bertz CT molecular complexity index is 538. The summed E-state index contributed by atoms with van der Waals surface area (Å²) in [6, 6.07) is 6.76. The molecule has 0 aliphatic carbocycles. The summed E-state index contributed by atoms with van der Waals surface area (Å²) in [5.74, 6) is -0.398. The minimum atomic E-state index is -0.558. The zero-order chi connectivity index (χ0) is 17.9. The van der Waals surface area contributed by atoms with Gasteiger partial charge in [-0.05, 0) is 25.0 Å². The molecule has 7 heteroatoms. The van der Waals surface area contributed by atoms with Crippen molar-refractivity contribution in [3.8, 4) is 0 Å². The fraction of sp³-hybridized carbons (Fsp3) is 0.556. The number of rotatable bonds is 10. The number of amides is 2. The van der Waals surface area contributed by atoms with Crippen LogP contribution in [0.3, 0.4) is 0 Å². The van der Waals surface area contributed by atoms with Crippen LogP contribution in [0, 0.1) is 12.8 Å². The van der Waals surface area contributed by atoms with Crippen molar-refractivity contribution in [3.05, 3.63) is 35.4 Å². The lowest BCUT2D eigenvalue weighted by molar-refractivity contribution is -0.123. The molecule has 0 radical (unpaired) electrons. The molecule has 1 atom stereocenters. The highest BCUT2D eigenvalue weighted by molar-refractivity contribution is 5.97. The van der Waals surface area contributed by atoms with E-state index in [4.69, 9.17) is 4.74 Å². The van der Waals surface area contributed by atoms with Gasteiger partial charge in [0.2, 0.25) is 5.91 Å². The largest absolute Gasteiger partial charge is 0.383 e. The predicted molar refractivity (Wildman–Crippen MR) is 102 cm³/mol. The Morgan fingerprint density at radius 1 is 1.16 bits per heavy atom. The highest BCUT2D eigenvalue weighted by Gasteiger charge is 2.24. The molecular weight excluding hydrogens is 342 g/mol. The van der Waals surface area contributed by atoms with Gasteiger partial charge in [-0.15, -0.1) is 12.4 Å². The number of benzene rings is 1. The number of aryl methyl sites for hydroxylation is 1. The summed E-state index contributed by atoms with van der Waals surface area (Å²) in [5, 5.41) is 8.84. The van der Waals surface area contributed by atoms with E-state index in [0.29, 0.717) is 25.3 Å². The fourth-order valence-electron chi connectivity index (χ4n) is 2.23. The minimum Gasteiger partial charge on any atom is -0.383 e. The van der Waals surface area contributed by atoms with Gasteiger partial charge in [-0.3, -0.25) is 9.59 Å². The smallest absolute Gasteiger partial charge is 0.251 e. The zero-order valence-electron chi connectivity index (χ0n) is 15.4. The average Bonchev–Trinajstić information content (AvgIpc) is 2.55. The molecule has 0 heterocycles. The standard InChI is InChI=1S/C18H29N3O3.ClH/c1-13(2)16(18(23)20-9-8-19-10-11-24-4)21-17(22)15-7-5-6-14(3)12-15;/h5-7,12-13,16,19H,8-11H2,1-4H3,(H,20,23)(H,21,22);1H. The third-order valence-corrected chi connectivity index (χ3v) is 3.60. The molecule has 0 fully saturated rings. The van der Waals surface area contributed by atoms with Crippen LogP contribution in [0.25, 0.3) is 0 Å². The van der Waals surface area contributed by atoms with E-state index in [-0.39, 0.29) is 30.1 Å². The second-order valence-electron chi connectivity index (χ2n) is 6.10. The molecule has 0 saturated carbocycles. The van der Waals surface area contributed by atoms with Crippen LogP contribution in [0.1, 0.15) is 29.8 Å². The van der Waals surface area contributed by atoms with Gasteiger partial charge in [0, 0.05) is 32.3 Å². The lowest BCUT2D eigenvalue weighted by Gasteiger charge is -2.22. The van der Waals surface area contributed by atoms with E-state index in [2.05, 4.69) is 16.0 Å². The summed E-state index contributed by atoms with van der Waals surface area (Å²) in [4.78, 5) is 24.7. The highest BCUT2D eigenvalue weighted by Crippen LogP contribution is 2.07. The second-order valence-corrected chi connectivity index (χ2v) is 6.10. The Balaban J connectivity index is 0.00000576. The van der Waals surface area contributed by atoms with Gasteiger partial charge >= 0.3 is 0 Å². The molecule has 3 N–H and O–H groups in total. The van der Waals surface area contributed by atoms with Crippen molar-refractivity contribution < 1.29 is 14.3 Å². The molecule has 1 rings (SSSR count). The predicted octanol–water partition coefficient (Wildman–Crippen LogP) is 1.52. The van der Waals surface area contributed by atoms with E-state index in [1.165, 1.54) is 0 Å². The van der Waals surface area contributed by atoms with E-state index in [1.54, 1.807) is 13.2 Å². The molecule has 142 valence electrons. The SMILES string of the molecule is COCCNCCNC(=O)C(NC(=O)c1cccc(C)c1)C(C)C.Cl. The van der Waals surface area contributed by atoms with Crippen molar-refractivity contribution in [2.24, 2.45) is 5.92 Å². The van der Waals surface area contributed by atoms with Crippen molar-refractivity contribution in [2.75, 3.05) is 33.4 Å². The number of nitrogens with one attached hydrogen (secondary N) is 3. The van der Waals surface area contributed by atoms with Crippen LogP contribution >= 0.6 is 12.4 Å². The van der Waals surface area contributed by atoms with Crippen LogP contribution in [-0.2, 0) is 9.53 Å². The van der Waals surface area contributed by atoms with Gasteiger partial charge in [0.05, 0.1) is 6.61 Å². The number of hydrogen-bond acceptors (Lipinski definition) is 4. The van der Waals surface area contributed by atoms with Crippen LogP contribution < -0.4 is 16.0 Å². The van der Waals surface area contributed by atoms with Crippen LogP contribution in [-0.4, -0.2) is 51.2 Å². The van der Waals surface area contributed by atoms with Crippen molar-refractivity contribution in [1.29, 1.82) is 0 Å². The molecule has 1 aromatic rings. The molecule has 0 bridgehead atoms. The van der Waals surface area contributed by atoms with Gasteiger partial charge in [0.25, 0.3) is 5.91 Å². The Hall–Kier alpha value is -1.63. The third kappa shape index (κ3) is 8.86. The topological polar surface area (TPSA) is 79.5 Å². The van der Waals surface area contributed by atoms with Crippen LogP contribution in [0.5, 0.6) is 0 Å². The first kappa shape index (κ1) is 23.4. The second kappa shape index (κ2) is 12.7. The number of ether oxygens (including phenoxy) is 1. The molecule has 2 amide bonds. The number of hydrogen-bond donors (Lipinski definition) is 3. The summed E-state index contributed by atoms with van der Waals surface area (Å²) in [6.45, 7) is 8.30. The van der Waals surface area contributed by atoms with Crippen molar-refractivity contribution in [2.45, 2.75) is 26.8 Å². The number of halogens is 1. The summed E-state index contributed by atoms with van der Waals surface area (Å²) < 4.78 is 4.94. The normalized spacial score (nSPS) is 11.6. The van der Waals surface area contributed by atoms with Gasteiger partial charge in [0.15, 0.2) is 0 Å². The Kier molecular flexibility index (Phi) is 11.9. The van der Waals surface area contributed by atoms with Crippen LogP contribution in [0.2, 0.25) is 0 Å². The summed E-state index contributed by atoms with van der Waals surface area (Å²) in [6.07, 6.45) is 0. The lowest BCUT2D eigenvalue weighted by Crippen LogP contribution is -2.50. The molecule has 0 aromatic heterocycles. The van der Waals surface area contributed by atoms with E-state index < -0.39 is 6.04 Å². The molecule has 0 spiro atoms. The number of methoxy groups -OCH3 is 1. The quantitative estimate of drug-likeness (QED) is 0.545. The third-order valence-electron chi connectivity index (χ3n) is 3.60. The summed E-state index contributed by atoms with van der Waals surface area (Å²) in [5.41, 5.74) is 1.57. The lowest BCUT2D eigenvalue weighted by atomic mass is 10.0. The van der Waals surface area contributed by atoms with E-state index in [1.807, 2.05) is 39.0 Å². The van der Waals surface area contributed by atoms with Crippen LogP contribution in [0.15, 0.2) is 24.3 Å². The molecule has 6 nitrogen and oxygen atoms in total. The number of carbonyl (C=O) groups is 2. The van der Waals surface area contributed by atoms with Crippen molar-refractivity contribution >= 4 is 24.2 Å². The van der Waals surface area contributed by atoms with E-state index >= 15 is 0 Å². The molecule has 0 saturated heterocycles. The molecular formula is C18H30ClN3O3. The first-order valence-corrected chi connectivity index (χ1v) is 8.30. The first-order chi connectivity index (χ1) is 11.5. The van der Waals surface area contributed by atoms with Gasteiger partial charge in [-0.1, -0.05) is 31.5 Å². The molecule has 0 aliphatic rings. The maximum absolute atomic E-state index is 12.3. The first-order valence-electron chi connectivity index (χ1n) is 8.30. The maximum Gasteiger partial charge on any atom is 0.251 e. The van der Waals surface area contributed by atoms with Gasteiger partial charge in [0.1, 0.15) is 6.04 Å².